The summed E-state index contributed by atoms with van der Waals surface area (Å²) in [5, 5.41) is 4.52. The highest BCUT2D eigenvalue weighted by Crippen LogP contribution is 2.44. The Balaban J connectivity index is 1.52. The van der Waals surface area contributed by atoms with Gasteiger partial charge in [-0.3, -0.25) is 5.01 Å². The minimum atomic E-state index is 0.118. The normalized spacial score (nSPS) is 17.5. The number of anilines is 3. The molecule has 0 spiro atoms. The monoisotopic (exact) mass is 406 g/mol. The predicted octanol–water partition coefficient (Wildman–Crippen LogP) is 4.05. The second-order valence-corrected chi connectivity index (χ2v) is 8.27. The molecule has 0 unspecified atom stereocenters. The van der Waals surface area contributed by atoms with E-state index in [2.05, 4.69) is 106 Å². The van der Waals surface area contributed by atoms with Crippen molar-refractivity contribution in [1.29, 1.82) is 0 Å². The van der Waals surface area contributed by atoms with Crippen molar-refractivity contribution in [2.24, 2.45) is 0 Å². The second kappa shape index (κ2) is 6.67. The van der Waals surface area contributed by atoms with Gasteiger partial charge in [-0.1, -0.05) is 37.2 Å². The summed E-state index contributed by atoms with van der Waals surface area (Å²) in [6, 6.07) is 23.3. The Morgan fingerprint density at radius 3 is 2.48 bits per heavy atom. The number of aromatic nitrogens is 1. The maximum absolute atomic E-state index is 6.09. The maximum Gasteiger partial charge on any atom is 0.306 e. The fourth-order valence-electron chi connectivity index (χ4n) is 4.80. The molecule has 0 saturated heterocycles. The lowest BCUT2D eigenvalue weighted by Crippen LogP contribution is -2.55. The SMILES string of the molecule is CB1C=c2oc3nc(C)ccc3c2=CN1N1c2ccccc2N(c2ccccc2)[C@@H]1C. The Hall–Kier alpha value is -3.67. The maximum atomic E-state index is 6.09. The van der Waals surface area contributed by atoms with E-state index in [1.54, 1.807) is 0 Å². The Morgan fingerprint density at radius 2 is 1.68 bits per heavy atom. The summed E-state index contributed by atoms with van der Waals surface area (Å²) in [5.41, 5.74) is 6.16. The quantitative estimate of drug-likeness (QED) is 0.470. The molecule has 0 N–H and O–H groups in total. The number of hydrazine groups is 1. The van der Waals surface area contributed by atoms with Crippen LogP contribution in [0.5, 0.6) is 0 Å². The van der Waals surface area contributed by atoms with Crippen molar-refractivity contribution in [2.75, 3.05) is 9.91 Å². The zero-order chi connectivity index (χ0) is 21.1. The van der Waals surface area contributed by atoms with E-state index in [0.29, 0.717) is 5.71 Å². The van der Waals surface area contributed by atoms with Gasteiger partial charge in [-0.2, -0.15) is 0 Å². The van der Waals surface area contributed by atoms with E-state index in [-0.39, 0.29) is 13.0 Å². The summed E-state index contributed by atoms with van der Waals surface area (Å²) in [7, 11) is 0. The van der Waals surface area contributed by atoms with Crippen LogP contribution >= 0.6 is 0 Å². The molecule has 0 radical (unpaired) electrons. The van der Waals surface area contributed by atoms with Crippen LogP contribution in [0.2, 0.25) is 6.82 Å². The van der Waals surface area contributed by atoms with Crippen LogP contribution in [0, 0.1) is 6.92 Å². The van der Waals surface area contributed by atoms with Crippen LogP contribution in [-0.4, -0.2) is 22.9 Å². The third-order valence-corrected chi connectivity index (χ3v) is 6.23. The number of nitrogens with zero attached hydrogens (tertiary/aromatic N) is 4. The largest absolute Gasteiger partial charge is 0.439 e. The number of rotatable bonds is 2. The van der Waals surface area contributed by atoms with Crippen LogP contribution in [-0.2, 0) is 0 Å². The van der Waals surface area contributed by atoms with Crippen LogP contribution in [0.3, 0.4) is 0 Å². The molecule has 6 rings (SSSR count). The molecule has 0 bridgehead atoms. The van der Waals surface area contributed by atoms with Gasteiger partial charge in [0.05, 0.1) is 11.4 Å². The van der Waals surface area contributed by atoms with E-state index in [4.69, 9.17) is 4.42 Å². The fraction of sp³-hybridized carbons (Fsp3) is 0.160. The van der Waals surface area contributed by atoms with Gasteiger partial charge in [0.2, 0.25) is 5.71 Å². The number of pyridine rings is 1. The second-order valence-electron chi connectivity index (χ2n) is 8.27. The Bertz CT molecular complexity index is 1410. The zero-order valence-corrected chi connectivity index (χ0v) is 17.9. The number of benzene rings is 2. The van der Waals surface area contributed by atoms with Gasteiger partial charge in [0, 0.05) is 28.2 Å². The van der Waals surface area contributed by atoms with E-state index in [1.165, 1.54) is 17.1 Å². The molecule has 31 heavy (non-hydrogen) atoms. The van der Waals surface area contributed by atoms with E-state index in [9.17, 15) is 0 Å². The third-order valence-electron chi connectivity index (χ3n) is 6.23. The van der Waals surface area contributed by atoms with Gasteiger partial charge < -0.3 is 14.2 Å². The molecule has 152 valence electrons. The molecular formula is C25H23BN4O. The summed E-state index contributed by atoms with van der Waals surface area (Å²) in [5.74, 6) is 2.19. The molecule has 4 heterocycles. The highest BCUT2D eigenvalue weighted by atomic mass is 16.3. The molecule has 0 amide bonds. The van der Waals surface area contributed by atoms with E-state index >= 15 is 0 Å². The molecule has 1 atom stereocenters. The average Bonchev–Trinajstić information content (AvgIpc) is 3.26. The van der Waals surface area contributed by atoms with Crippen molar-refractivity contribution in [2.45, 2.75) is 26.8 Å². The first-order valence-electron chi connectivity index (χ1n) is 10.7. The molecule has 2 aromatic heterocycles. The van der Waals surface area contributed by atoms with Crippen molar-refractivity contribution in [3.8, 4) is 0 Å². The van der Waals surface area contributed by atoms with E-state index in [0.717, 1.165) is 21.7 Å². The summed E-state index contributed by atoms with van der Waals surface area (Å²) < 4.78 is 6.09. The van der Waals surface area contributed by atoms with Crippen LogP contribution in [0.1, 0.15) is 12.6 Å². The fourth-order valence-corrected chi connectivity index (χ4v) is 4.80. The molecule has 4 aromatic rings. The van der Waals surface area contributed by atoms with Crippen LogP contribution in [0.25, 0.3) is 23.3 Å². The number of aryl methyl sites for hydroxylation is 1. The van der Waals surface area contributed by atoms with Gasteiger partial charge in [0.25, 0.3) is 0 Å². The Kier molecular flexibility index (Phi) is 3.90. The number of hydrogen-bond acceptors (Lipinski definition) is 5. The smallest absolute Gasteiger partial charge is 0.306 e. The van der Waals surface area contributed by atoms with Gasteiger partial charge >= 0.3 is 6.85 Å². The van der Waals surface area contributed by atoms with Gasteiger partial charge in [-0.05, 0) is 56.2 Å². The van der Waals surface area contributed by atoms with Crippen LogP contribution < -0.4 is 20.5 Å². The first-order chi connectivity index (χ1) is 15.1. The summed E-state index contributed by atoms with van der Waals surface area (Å²) >= 11 is 0. The topological polar surface area (TPSA) is 35.8 Å². The number of fused-ring (bicyclic) bond motifs is 4. The number of furan rings is 1. The first kappa shape index (κ1) is 18.1. The Morgan fingerprint density at radius 1 is 0.935 bits per heavy atom. The molecule has 2 aliphatic rings. The van der Waals surface area contributed by atoms with Gasteiger partial charge in [-0.15, -0.1) is 0 Å². The van der Waals surface area contributed by atoms with Crippen molar-refractivity contribution in [3.05, 3.63) is 83.1 Å². The van der Waals surface area contributed by atoms with Crippen molar-refractivity contribution in [1.82, 2.24) is 9.90 Å². The number of para-hydroxylation sites is 3. The molecule has 5 nitrogen and oxygen atoms in total. The molecule has 2 aromatic carbocycles. The Labute approximate surface area is 181 Å². The van der Waals surface area contributed by atoms with Crippen LogP contribution in [0.15, 0.2) is 71.1 Å². The molecule has 0 fully saturated rings. The lowest BCUT2D eigenvalue weighted by atomic mass is 9.63. The van der Waals surface area contributed by atoms with Crippen molar-refractivity contribution in [3.63, 3.8) is 0 Å². The minimum Gasteiger partial charge on any atom is -0.439 e. The number of hydrogen-bond donors (Lipinski definition) is 0. The molecule has 6 heteroatoms. The standard InChI is InChI=1S/C25H23BN4O/c1-17-13-14-20-21-16-28(26(3)15-24(21)31-25(20)27-17)30-18(2)29(19-9-5-4-6-10-19)22-11-7-8-12-23(22)30/h4-16,18H,1-3H3/t18-/m0/s1. The molecular weight excluding hydrogens is 383 g/mol. The average molecular weight is 406 g/mol. The van der Waals surface area contributed by atoms with Crippen molar-refractivity contribution < 1.29 is 4.42 Å². The highest BCUT2D eigenvalue weighted by molar-refractivity contribution is 6.70. The molecule has 0 aliphatic carbocycles. The van der Waals surface area contributed by atoms with Crippen molar-refractivity contribution >= 4 is 47.2 Å². The van der Waals surface area contributed by atoms with Gasteiger partial charge in [-0.25, -0.2) is 4.98 Å². The minimum absolute atomic E-state index is 0.118. The zero-order valence-electron chi connectivity index (χ0n) is 17.9. The molecule has 0 saturated carbocycles. The predicted molar refractivity (Wildman–Crippen MR) is 127 cm³/mol. The summed E-state index contributed by atoms with van der Waals surface area (Å²) in [4.78, 5) is 9.30. The summed E-state index contributed by atoms with van der Waals surface area (Å²) in [6.07, 6.45) is 2.33. The van der Waals surface area contributed by atoms with Gasteiger partial charge in [0.1, 0.15) is 11.6 Å². The molecule has 2 aliphatic heterocycles. The first-order valence-corrected chi connectivity index (χ1v) is 10.7. The third kappa shape index (κ3) is 2.68. The lowest BCUT2D eigenvalue weighted by molar-refractivity contribution is 0.495. The highest BCUT2D eigenvalue weighted by Gasteiger charge is 2.38. The summed E-state index contributed by atoms with van der Waals surface area (Å²) in [6.45, 7) is 6.58. The lowest BCUT2D eigenvalue weighted by Gasteiger charge is -2.40. The van der Waals surface area contributed by atoms with Gasteiger partial charge in [0.15, 0.2) is 0 Å². The van der Waals surface area contributed by atoms with E-state index < -0.39 is 0 Å². The van der Waals surface area contributed by atoms with E-state index in [1.807, 2.05) is 13.0 Å². The van der Waals surface area contributed by atoms with Crippen LogP contribution in [0.4, 0.5) is 17.1 Å².